The molecule has 4 heterocycles. The van der Waals surface area contributed by atoms with E-state index < -0.39 is 10.0 Å². The molecule has 0 radical (unpaired) electrons. The van der Waals surface area contributed by atoms with Gasteiger partial charge in [-0.15, -0.1) is 0 Å². The van der Waals surface area contributed by atoms with Crippen molar-refractivity contribution in [3.05, 3.63) is 24.5 Å². The van der Waals surface area contributed by atoms with E-state index in [0.717, 1.165) is 23.9 Å². The first-order valence-electron chi connectivity index (χ1n) is 10.0. The molecule has 0 aromatic carbocycles. The minimum atomic E-state index is -3.16. The summed E-state index contributed by atoms with van der Waals surface area (Å²) in [4.78, 5) is 20.0. The first-order valence-corrected chi connectivity index (χ1v) is 11.8. The summed E-state index contributed by atoms with van der Waals surface area (Å²) < 4.78 is 24.9. The monoisotopic (exact) mass is 432 g/mol. The number of sulfonamides is 1. The number of hydrogen-bond acceptors (Lipinski definition) is 9. The number of pyridine rings is 1. The first-order chi connectivity index (χ1) is 14.2. The predicted molar refractivity (Wildman–Crippen MR) is 119 cm³/mol. The second-order valence-corrected chi connectivity index (χ2v) is 9.96. The standard InChI is InChI=1S/C19H28N8O2S/c1-14(2)27-13-24(3)16-12-21-18(11-15(16)27)22-17-5-6-20-19(23-17)25-7-9-26(10-8-25)30(4,28)29/h5-6,11-12,14H,7-10,13H2,1-4H3,(H,20,21,22,23). The van der Waals surface area contributed by atoms with E-state index in [1.165, 1.54) is 10.6 Å². The van der Waals surface area contributed by atoms with Crippen molar-refractivity contribution in [2.24, 2.45) is 0 Å². The molecule has 1 N–H and O–H groups in total. The Morgan fingerprint density at radius 3 is 2.47 bits per heavy atom. The molecule has 11 heteroatoms. The van der Waals surface area contributed by atoms with Crippen molar-refractivity contribution >= 4 is 39.0 Å². The van der Waals surface area contributed by atoms with Crippen LogP contribution in [-0.2, 0) is 10.0 Å². The third-order valence-corrected chi connectivity index (χ3v) is 6.76. The Bertz CT molecular complexity index is 1020. The van der Waals surface area contributed by atoms with Crippen LogP contribution >= 0.6 is 0 Å². The van der Waals surface area contributed by atoms with Gasteiger partial charge in [-0.3, -0.25) is 0 Å². The fraction of sp³-hybridized carbons (Fsp3) is 0.526. The molecule has 2 aromatic rings. The highest BCUT2D eigenvalue weighted by atomic mass is 32.2. The van der Waals surface area contributed by atoms with Gasteiger partial charge in [0.15, 0.2) is 0 Å². The van der Waals surface area contributed by atoms with Gasteiger partial charge in [0.2, 0.25) is 16.0 Å². The van der Waals surface area contributed by atoms with Gasteiger partial charge in [0.1, 0.15) is 11.6 Å². The molecule has 0 saturated carbocycles. The highest BCUT2D eigenvalue weighted by Gasteiger charge is 2.27. The van der Waals surface area contributed by atoms with Crippen LogP contribution < -0.4 is 20.0 Å². The second kappa shape index (κ2) is 7.88. The van der Waals surface area contributed by atoms with Gasteiger partial charge >= 0.3 is 0 Å². The molecule has 1 saturated heterocycles. The SMILES string of the molecule is CC(C)N1CN(C)c2cnc(Nc3ccnc(N4CCN(S(C)(=O)=O)CC4)n3)cc21. The number of rotatable bonds is 5. The maximum Gasteiger partial charge on any atom is 0.227 e. The fourth-order valence-electron chi connectivity index (χ4n) is 3.77. The van der Waals surface area contributed by atoms with Gasteiger partial charge in [-0.1, -0.05) is 0 Å². The molecule has 2 aromatic heterocycles. The molecule has 0 amide bonds. The lowest BCUT2D eigenvalue weighted by molar-refractivity contribution is 0.385. The van der Waals surface area contributed by atoms with Crippen molar-refractivity contribution in [1.82, 2.24) is 19.3 Å². The number of nitrogens with one attached hydrogen (secondary N) is 1. The van der Waals surface area contributed by atoms with Crippen LogP contribution in [-0.4, -0.2) is 79.9 Å². The zero-order chi connectivity index (χ0) is 21.5. The maximum atomic E-state index is 11.7. The molecular formula is C19H28N8O2S. The highest BCUT2D eigenvalue weighted by Crippen LogP contribution is 2.37. The molecule has 1 fully saturated rings. The first kappa shape index (κ1) is 20.6. The summed E-state index contributed by atoms with van der Waals surface area (Å²) >= 11 is 0. The third kappa shape index (κ3) is 4.12. The van der Waals surface area contributed by atoms with E-state index in [1.54, 1.807) is 12.3 Å². The smallest absolute Gasteiger partial charge is 0.227 e. The van der Waals surface area contributed by atoms with Crippen LogP contribution in [0.25, 0.3) is 0 Å². The lowest BCUT2D eigenvalue weighted by Gasteiger charge is -2.33. The Morgan fingerprint density at radius 1 is 1.07 bits per heavy atom. The van der Waals surface area contributed by atoms with E-state index in [1.807, 2.05) is 17.2 Å². The van der Waals surface area contributed by atoms with Gasteiger partial charge in [-0.05, 0) is 19.9 Å². The molecule has 0 bridgehead atoms. The predicted octanol–water partition coefficient (Wildman–Crippen LogP) is 1.32. The molecule has 0 aliphatic carbocycles. The van der Waals surface area contributed by atoms with Crippen LogP contribution in [0.3, 0.4) is 0 Å². The number of piperazine rings is 1. The number of aromatic nitrogens is 3. The lowest BCUT2D eigenvalue weighted by atomic mass is 10.2. The van der Waals surface area contributed by atoms with E-state index in [0.29, 0.717) is 44.0 Å². The number of hydrogen-bond donors (Lipinski definition) is 1. The van der Waals surface area contributed by atoms with Crippen molar-refractivity contribution in [2.45, 2.75) is 19.9 Å². The molecule has 30 heavy (non-hydrogen) atoms. The van der Waals surface area contributed by atoms with Gasteiger partial charge < -0.3 is 20.0 Å². The van der Waals surface area contributed by atoms with Crippen LogP contribution in [0.4, 0.5) is 29.0 Å². The van der Waals surface area contributed by atoms with Gasteiger partial charge in [-0.2, -0.15) is 9.29 Å². The van der Waals surface area contributed by atoms with Crippen LogP contribution in [0, 0.1) is 0 Å². The number of fused-ring (bicyclic) bond motifs is 1. The summed E-state index contributed by atoms with van der Waals surface area (Å²) in [5.74, 6) is 1.96. The van der Waals surface area contributed by atoms with Crippen molar-refractivity contribution < 1.29 is 8.42 Å². The largest absolute Gasteiger partial charge is 0.354 e. The molecule has 2 aliphatic heterocycles. The highest BCUT2D eigenvalue weighted by molar-refractivity contribution is 7.88. The zero-order valence-corrected chi connectivity index (χ0v) is 18.6. The Morgan fingerprint density at radius 2 is 1.80 bits per heavy atom. The molecule has 162 valence electrons. The van der Waals surface area contributed by atoms with Crippen LogP contribution in [0.5, 0.6) is 0 Å². The van der Waals surface area contributed by atoms with E-state index >= 15 is 0 Å². The summed E-state index contributed by atoms with van der Waals surface area (Å²) in [7, 11) is -1.10. The van der Waals surface area contributed by atoms with Gasteiger partial charge in [0.25, 0.3) is 0 Å². The van der Waals surface area contributed by atoms with E-state index in [2.05, 4.69) is 51.0 Å². The molecule has 0 atom stereocenters. The molecule has 4 rings (SSSR count). The average Bonchev–Trinajstić information content (AvgIpc) is 3.04. The quantitative estimate of drug-likeness (QED) is 0.750. The van der Waals surface area contributed by atoms with E-state index in [4.69, 9.17) is 0 Å². The van der Waals surface area contributed by atoms with Crippen molar-refractivity contribution in [1.29, 1.82) is 0 Å². The summed E-state index contributed by atoms with van der Waals surface area (Å²) in [6.07, 6.45) is 4.83. The minimum absolute atomic E-state index is 0.389. The van der Waals surface area contributed by atoms with Crippen molar-refractivity contribution in [2.75, 3.05) is 66.2 Å². The summed E-state index contributed by atoms with van der Waals surface area (Å²) in [6.45, 7) is 7.19. The second-order valence-electron chi connectivity index (χ2n) is 7.98. The number of nitrogens with zero attached hydrogens (tertiary/aromatic N) is 7. The van der Waals surface area contributed by atoms with Gasteiger partial charge in [0, 0.05) is 51.5 Å². The van der Waals surface area contributed by atoms with E-state index in [-0.39, 0.29) is 0 Å². The summed E-state index contributed by atoms with van der Waals surface area (Å²) in [6, 6.07) is 4.24. The molecule has 2 aliphatic rings. The fourth-order valence-corrected chi connectivity index (χ4v) is 4.60. The Hall–Kier alpha value is -2.66. The third-order valence-electron chi connectivity index (χ3n) is 5.46. The lowest BCUT2D eigenvalue weighted by Crippen LogP contribution is -2.48. The average molecular weight is 433 g/mol. The summed E-state index contributed by atoms with van der Waals surface area (Å²) in [5.41, 5.74) is 2.26. The minimum Gasteiger partial charge on any atom is -0.354 e. The Labute approximate surface area is 177 Å². The molecular weight excluding hydrogens is 404 g/mol. The Kier molecular flexibility index (Phi) is 5.41. The molecule has 10 nitrogen and oxygen atoms in total. The topological polar surface area (TPSA) is 97.8 Å². The van der Waals surface area contributed by atoms with Gasteiger partial charge in [0.05, 0.1) is 30.5 Å². The maximum absolute atomic E-state index is 11.7. The molecule has 0 spiro atoms. The van der Waals surface area contributed by atoms with Crippen molar-refractivity contribution in [3.63, 3.8) is 0 Å². The molecule has 0 unspecified atom stereocenters. The zero-order valence-electron chi connectivity index (χ0n) is 17.8. The number of anilines is 5. The normalized spacial score (nSPS) is 17.6. The summed E-state index contributed by atoms with van der Waals surface area (Å²) in [5, 5.41) is 3.28. The Balaban J connectivity index is 1.49. The van der Waals surface area contributed by atoms with Crippen molar-refractivity contribution in [3.8, 4) is 0 Å². The van der Waals surface area contributed by atoms with Crippen LogP contribution in [0.15, 0.2) is 24.5 Å². The van der Waals surface area contributed by atoms with Gasteiger partial charge in [-0.25, -0.2) is 18.4 Å². The van der Waals surface area contributed by atoms with E-state index in [9.17, 15) is 8.42 Å². The van der Waals surface area contributed by atoms with Crippen LogP contribution in [0.2, 0.25) is 0 Å². The van der Waals surface area contributed by atoms with Crippen LogP contribution in [0.1, 0.15) is 13.8 Å².